The van der Waals surface area contributed by atoms with Gasteiger partial charge in [0.2, 0.25) is 11.8 Å². The van der Waals surface area contributed by atoms with E-state index in [9.17, 15) is 18.0 Å². The average Bonchev–Trinajstić information content (AvgIpc) is 3.02. The van der Waals surface area contributed by atoms with Crippen LogP contribution >= 0.6 is 23.2 Å². The van der Waals surface area contributed by atoms with Crippen molar-refractivity contribution in [2.45, 2.75) is 23.9 Å². The van der Waals surface area contributed by atoms with Crippen molar-refractivity contribution in [1.82, 2.24) is 10.2 Å². The quantitative estimate of drug-likeness (QED) is 0.218. The van der Waals surface area contributed by atoms with Crippen LogP contribution in [-0.2, 0) is 32.6 Å². The van der Waals surface area contributed by atoms with Crippen LogP contribution in [0.5, 0.6) is 5.75 Å². The molecule has 43 heavy (non-hydrogen) atoms. The number of carbonyl (C=O) groups is 2. The van der Waals surface area contributed by atoms with Crippen molar-refractivity contribution in [2.24, 2.45) is 0 Å². The molecule has 0 aliphatic carbocycles. The summed E-state index contributed by atoms with van der Waals surface area (Å²) in [6.07, 6.45) is 0.198. The molecule has 11 heteroatoms. The van der Waals surface area contributed by atoms with Crippen molar-refractivity contribution in [3.8, 4) is 5.75 Å². The van der Waals surface area contributed by atoms with Crippen LogP contribution in [-0.4, -0.2) is 51.9 Å². The van der Waals surface area contributed by atoms with E-state index in [4.69, 9.17) is 27.9 Å². The molecule has 1 unspecified atom stereocenters. The second-order valence-electron chi connectivity index (χ2n) is 9.61. The molecular weight excluding hydrogens is 609 g/mol. The molecule has 1 atom stereocenters. The number of ether oxygens (including phenoxy) is 1. The molecule has 0 aliphatic heterocycles. The Balaban J connectivity index is 1.81. The number of halogens is 2. The molecule has 0 spiro atoms. The van der Waals surface area contributed by atoms with Gasteiger partial charge < -0.3 is 15.0 Å². The monoisotopic (exact) mass is 639 g/mol. The molecule has 0 aliphatic rings. The summed E-state index contributed by atoms with van der Waals surface area (Å²) in [4.78, 5) is 29.0. The third-order valence-corrected chi connectivity index (χ3v) is 9.10. The number of sulfonamides is 1. The molecular formula is C32H31Cl2N3O5S. The molecule has 0 heterocycles. The Morgan fingerprint density at radius 1 is 0.860 bits per heavy atom. The molecule has 8 nitrogen and oxygen atoms in total. The summed E-state index contributed by atoms with van der Waals surface area (Å²) in [5.41, 5.74) is 1.59. The average molecular weight is 641 g/mol. The Labute approximate surface area is 261 Å². The molecule has 2 amide bonds. The van der Waals surface area contributed by atoms with Crippen molar-refractivity contribution in [3.63, 3.8) is 0 Å². The molecule has 0 aromatic heterocycles. The van der Waals surface area contributed by atoms with Crippen LogP contribution < -0.4 is 14.4 Å². The molecule has 0 bridgehead atoms. The number of rotatable bonds is 12. The molecule has 224 valence electrons. The molecule has 0 saturated carbocycles. The van der Waals surface area contributed by atoms with E-state index in [1.807, 2.05) is 30.3 Å². The zero-order chi connectivity index (χ0) is 31.0. The number of carbonyl (C=O) groups excluding carboxylic acids is 2. The number of methoxy groups -OCH3 is 1. The van der Waals surface area contributed by atoms with Gasteiger partial charge in [-0.1, -0.05) is 83.9 Å². The number of anilines is 1. The van der Waals surface area contributed by atoms with Gasteiger partial charge in [0.25, 0.3) is 10.0 Å². The maximum absolute atomic E-state index is 14.3. The Morgan fingerprint density at radius 2 is 1.51 bits per heavy atom. The first-order chi connectivity index (χ1) is 20.6. The molecule has 0 radical (unpaired) electrons. The highest BCUT2D eigenvalue weighted by molar-refractivity contribution is 7.92. The molecule has 4 rings (SSSR count). The van der Waals surface area contributed by atoms with E-state index in [0.717, 1.165) is 9.87 Å². The molecule has 4 aromatic rings. The van der Waals surface area contributed by atoms with Gasteiger partial charge in [0, 0.05) is 25.0 Å². The maximum Gasteiger partial charge on any atom is 0.264 e. The van der Waals surface area contributed by atoms with E-state index in [0.29, 0.717) is 16.3 Å². The van der Waals surface area contributed by atoms with Crippen molar-refractivity contribution in [3.05, 3.63) is 124 Å². The Morgan fingerprint density at radius 3 is 2.14 bits per heavy atom. The Kier molecular flexibility index (Phi) is 10.7. The highest BCUT2D eigenvalue weighted by Crippen LogP contribution is 2.33. The summed E-state index contributed by atoms with van der Waals surface area (Å²) in [6.45, 7) is -0.626. The maximum atomic E-state index is 14.3. The largest absolute Gasteiger partial charge is 0.497 e. The number of nitrogens with zero attached hydrogens (tertiary/aromatic N) is 2. The van der Waals surface area contributed by atoms with Crippen molar-refractivity contribution in [2.75, 3.05) is 25.0 Å². The molecule has 1 N–H and O–H groups in total. The normalized spacial score (nSPS) is 11.8. The summed E-state index contributed by atoms with van der Waals surface area (Å²) in [7, 11) is -1.25. The minimum atomic E-state index is -4.27. The third kappa shape index (κ3) is 7.87. The summed E-state index contributed by atoms with van der Waals surface area (Å²) < 4.78 is 34.3. The van der Waals surface area contributed by atoms with Crippen molar-refractivity contribution in [1.29, 1.82) is 0 Å². The van der Waals surface area contributed by atoms with Crippen molar-refractivity contribution < 1.29 is 22.7 Å². The summed E-state index contributed by atoms with van der Waals surface area (Å²) in [6, 6.07) is 27.5. The summed E-state index contributed by atoms with van der Waals surface area (Å²) >= 11 is 12.6. The lowest BCUT2D eigenvalue weighted by Gasteiger charge is -2.33. The Bertz CT molecular complexity index is 1670. The Hall–Kier alpha value is -4.05. The summed E-state index contributed by atoms with van der Waals surface area (Å²) in [5, 5.41) is 3.01. The highest BCUT2D eigenvalue weighted by Gasteiger charge is 2.35. The topological polar surface area (TPSA) is 96.0 Å². The number of likely N-dealkylation sites (N-methyl/N-ethyl adjacent to an activating group) is 1. The van der Waals surface area contributed by atoms with Gasteiger partial charge in [0.15, 0.2) is 0 Å². The second kappa shape index (κ2) is 14.4. The number of hydrogen-bond acceptors (Lipinski definition) is 5. The zero-order valence-corrected chi connectivity index (χ0v) is 25.9. The van der Waals surface area contributed by atoms with Crippen LogP contribution in [0.3, 0.4) is 0 Å². The lowest BCUT2D eigenvalue weighted by atomic mass is 10.0. The fourth-order valence-electron chi connectivity index (χ4n) is 4.60. The SMILES string of the molecule is CNC(=O)C(Cc1ccccc1)N(Cc1cccc(OC)c1)C(=O)CN(c1ccc(Cl)cc1Cl)S(=O)(=O)c1ccccc1. The van der Waals surface area contributed by atoms with E-state index in [1.165, 1.54) is 49.4 Å². The van der Waals surface area contributed by atoms with Crippen LogP contribution in [0, 0.1) is 0 Å². The smallest absolute Gasteiger partial charge is 0.264 e. The zero-order valence-electron chi connectivity index (χ0n) is 23.6. The lowest BCUT2D eigenvalue weighted by Crippen LogP contribution is -2.53. The second-order valence-corrected chi connectivity index (χ2v) is 12.3. The van der Waals surface area contributed by atoms with Gasteiger partial charge >= 0.3 is 0 Å². The fourth-order valence-corrected chi connectivity index (χ4v) is 6.62. The van der Waals surface area contributed by atoms with E-state index in [1.54, 1.807) is 42.5 Å². The van der Waals surface area contributed by atoms with Crippen LogP contribution in [0.15, 0.2) is 108 Å². The van der Waals surface area contributed by atoms with Crippen molar-refractivity contribution >= 4 is 50.7 Å². The predicted octanol–water partition coefficient (Wildman–Crippen LogP) is 5.58. The minimum Gasteiger partial charge on any atom is -0.497 e. The van der Waals surface area contributed by atoms with Gasteiger partial charge in [-0.25, -0.2) is 8.42 Å². The number of benzene rings is 4. The lowest BCUT2D eigenvalue weighted by molar-refractivity contribution is -0.139. The van der Waals surface area contributed by atoms with Gasteiger partial charge in [-0.3, -0.25) is 13.9 Å². The van der Waals surface area contributed by atoms with Gasteiger partial charge in [-0.15, -0.1) is 0 Å². The third-order valence-electron chi connectivity index (χ3n) is 6.79. The number of hydrogen-bond donors (Lipinski definition) is 1. The van der Waals surface area contributed by atoms with Gasteiger partial charge in [-0.2, -0.15) is 0 Å². The first-order valence-corrected chi connectivity index (χ1v) is 15.5. The fraction of sp³-hybridized carbons (Fsp3) is 0.188. The molecule has 4 aromatic carbocycles. The van der Waals surface area contributed by atoms with Crippen LogP contribution in [0.4, 0.5) is 5.69 Å². The minimum absolute atomic E-state index is 0.00846. The van der Waals surface area contributed by atoms with Gasteiger partial charge in [-0.05, 0) is 53.6 Å². The molecule has 0 saturated heterocycles. The summed E-state index contributed by atoms with van der Waals surface area (Å²) in [5.74, 6) is -0.439. The van der Waals surface area contributed by atoms with Crippen LogP contribution in [0.2, 0.25) is 10.0 Å². The first kappa shape index (κ1) is 31.9. The molecule has 0 fully saturated rings. The number of nitrogens with one attached hydrogen (secondary N) is 1. The van der Waals surface area contributed by atoms with E-state index in [2.05, 4.69) is 5.32 Å². The van der Waals surface area contributed by atoms with E-state index >= 15 is 0 Å². The predicted molar refractivity (Wildman–Crippen MR) is 169 cm³/mol. The highest BCUT2D eigenvalue weighted by atomic mass is 35.5. The number of amides is 2. The first-order valence-electron chi connectivity index (χ1n) is 13.3. The van der Waals surface area contributed by atoms with Gasteiger partial charge in [0.1, 0.15) is 18.3 Å². The van der Waals surface area contributed by atoms with Gasteiger partial charge in [0.05, 0.1) is 22.7 Å². The van der Waals surface area contributed by atoms with E-state index in [-0.39, 0.29) is 28.6 Å². The standard InChI is InChI=1S/C32H31Cl2N3O5S/c1-35-32(39)30(19-23-10-5-3-6-11-23)36(21-24-12-9-13-26(18-24)42-2)31(38)22-37(29-17-16-25(33)20-28(29)34)43(40,41)27-14-7-4-8-15-27/h3-18,20,30H,19,21-22H2,1-2H3,(H,35,39). The van der Waals surface area contributed by atoms with Crippen LogP contribution in [0.1, 0.15) is 11.1 Å². The van der Waals surface area contributed by atoms with E-state index < -0.39 is 34.4 Å². The van der Waals surface area contributed by atoms with Crippen LogP contribution in [0.25, 0.3) is 0 Å².